The Morgan fingerprint density at radius 3 is 2.64 bits per heavy atom. The van der Waals surface area contributed by atoms with Crippen molar-refractivity contribution in [2.75, 3.05) is 40.8 Å². The summed E-state index contributed by atoms with van der Waals surface area (Å²) >= 11 is 0. The van der Waals surface area contributed by atoms with Crippen LogP contribution in [0.3, 0.4) is 0 Å². The van der Waals surface area contributed by atoms with E-state index in [1.807, 2.05) is 19.9 Å². The molecule has 1 aromatic carbocycles. The minimum atomic E-state index is -0.186. The van der Waals surface area contributed by atoms with Crippen LogP contribution in [-0.2, 0) is 4.74 Å². The first kappa shape index (κ1) is 21.4. The SMILES string of the molecule is CCOC(CCN(C)C)CNC(=NC)NC(C)c1ccc(C)c(F)c1. The first-order chi connectivity index (χ1) is 11.9. The molecule has 0 heterocycles. The van der Waals surface area contributed by atoms with Gasteiger partial charge in [0.1, 0.15) is 5.82 Å². The predicted octanol–water partition coefficient (Wildman–Crippen LogP) is 2.72. The number of ether oxygens (including phenoxy) is 1. The molecule has 0 aliphatic carbocycles. The summed E-state index contributed by atoms with van der Waals surface area (Å²) < 4.78 is 19.5. The Balaban J connectivity index is 2.58. The smallest absolute Gasteiger partial charge is 0.191 e. The van der Waals surface area contributed by atoms with Crippen LogP contribution in [0.1, 0.15) is 37.4 Å². The molecule has 0 saturated carbocycles. The largest absolute Gasteiger partial charge is 0.377 e. The van der Waals surface area contributed by atoms with Crippen LogP contribution in [0.2, 0.25) is 0 Å². The van der Waals surface area contributed by atoms with E-state index in [2.05, 4.69) is 34.6 Å². The quantitative estimate of drug-likeness (QED) is 0.530. The summed E-state index contributed by atoms with van der Waals surface area (Å²) in [7, 11) is 5.84. The fourth-order valence-electron chi connectivity index (χ4n) is 2.45. The molecule has 2 atom stereocenters. The molecular formula is C19H33FN4O. The maximum Gasteiger partial charge on any atom is 0.191 e. The molecule has 5 nitrogen and oxygen atoms in total. The molecule has 2 unspecified atom stereocenters. The number of benzene rings is 1. The van der Waals surface area contributed by atoms with Crippen LogP contribution >= 0.6 is 0 Å². The van der Waals surface area contributed by atoms with Gasteiger partial charge in [-0.05, 0) is 58.5 Å². The van der Waals surface area contributed by atoms with E-state index in [0.29, 0.717) is 24.7 Å². The van der Waals surface area contributed by atoms with E-state index >= 15 is 0 Å². The number of rotatable bonds is 9. The molecule has 2 N–H and O–H groups in total. The van der Waals surface area contributed by atoms with Crippen molar-refractivity contribution in [2.45, 2.75) is 39.3 Å². The summed E-state index contributed by atoms with van der Waals surface area (Å²) in [5.41, 5.74) is 1.54. The van der Waals surface area contributed by atoms with Gasteiger partial charge in [-0.3, -0.25) is 4.99 Å². The summed E-state index contributed by atoms with van der Waals surface area (Å²) in [4.78, 5) is 6.40. The fraction of sp³-hybridized carbons (Fsp3) is 0.632. The Morgan fingerprint density at radius 1 is 1.36 bits per heavy atom. The average Bonchev–Trinajstić information content (AvgIpc) is 2.58. The topological polar surface area (TPSA) is 48.9 Å². The lowest BCUT2D eigenvalue weighted by molar-refractivity contribution is 0.0548. The van der Waals surface area contributed by atoms with Crippen LogP contribution in [-0.4, -0.2) is 57.8 Å². The Bertz CT molecular complexity index is 548. The summed E-state index contributed by atoms with van der Waals surface area (Å²) in [5, 5.41) is 6.60. The number of aryl methyl sites for hydroxylation is 1. The number of aliphatic imine (C=N–C) groups is 1. The zero-order valence-corrected chi connectivity index (χ0v) is 16.4. The normalized spacial score (nSPS) is 14.5. The van der Waals surface area contributed by atoms with Crippen molar-refractivity contribution in [1.82, 2.24) is 15.5 Å². The minimum Gasteiger partial charge on any atom is -0.377 e. The second-order valence-electron chi connectivity index (χ2n) is 6.50. The second-order valence-corrected chi connectivity index (χ2v) is 6.50. The molecule has 1 rings (SSSR count). The highest BCUT2D eigenvalue weighted by molar-refractivity contribution is 5.80. The molecule has 0 fully saturated rings. The van der Waals surface area contributed by atoms with Gasteiger partial charge in [-0.2, -0.15) is 0 Å². The van der Waals surface area contributed by atoms with E-state index in [-0.39, 0.29) is 18.0 Å². The fourth-order valence-corrected chi connectivity index (χ4v) is 2.45. The third-order valence-electron chi connectivity index (χ3n) is 4.07. The van der Waals surface area contributed by atoms with Crippen LogP contribution < -0.4 is 10.6 Å². The number of nitrogens with zero attached hydrogens (tertiary/aromatic N) is 2. The highest BCUT2D eigenvalue weighted by Crippen LogP contribution is 2.16. The Kier molecular flexibility index (Phi) is 9.45. The van der Waals surface area contributed by atoms with Gasteiger partial charge in [0.2, 0.25) is 0 Å². The molecule has 142 valence electrons. The molecule has 6 heteroatoms. The maximum atomic E-state index is 13.8. The van der Waals surface area contributed by atoms with Gasteiger partial charge >= 0.3 is 0 Å². The predicted molar refractivity (Wildman–Crippen MR) is 103 cm³/mol. The molecular weight excluding hydrogens is 319 g/mol. The van der Waals surface area contributed by atoms with E-state index < -0.39 is 0 Å². The van der Waals surface area contributed by atoms with Crippen LogP contribution in [0.15, 0.2) is 23.2 Å². The van der Waals surface area contributed by atoms with Crippen molar-refractivity contribution in [2.24, 2.45) is 4.99 Å². The van der Waals surface area contributed by atoms with Gasteiger partial charge in [-0.1, -0.05) is 12.1 Å². The highest BCUT2D eigenvalue weighted by atomic mass is 19.1. The van der Waals surface area contributed by atoms with Gasteiger partial charge < -0.3 is 20.3 Å². The van der Waals surface area contributed by atoms with Crippen molar-refractivity contribution < 1.29 is 9.13 Å². The van der Waals surface area contributed by atoms with E-state index in [1.165, 1.54) is 0 Å². The van der Waals surface area contributed by atoms with E-state index in [9.17, 15) is 4.39 Å². The minimum absolute atomic E-state index is 0.0476. The van der Waals surface area contributed by atoms with Crippen LogP contribution in [0.4, 0.5) is 4.39 Å². The molecule has 0 aromatic heterocycles. The monoisotopic (exact) mass is 352 g/mol. The first-order valence-corrected chi connectivity index (χ1v) is 8.86. The average molecular weight is 352 g/mol. The molecule has 25 heavy (non-hydrogen) atoms. The highest BCUT2D eigenvalue weighted by Gasteiger charge is 2.13. The third kappa shape index (κ3) is 7.84. The van der Waals surface area contributed by atoms with Gasteiger partial charge in [0.15, 0.2) is 5.96 Å². The van der Waals surface area contributed by atoms with E-state index in [1.54, 1.807) is 26.1 Å². The summed E-state index contributed by atoms with van der Waals surface area (Å²) in [6, 6.07) is 5.25. The molecule has 0 radical (unpaired) electrons. The van der Waals surface area contributed by atoms with E-state index in [4.69, 9.17) is 4.74 Å². The van der Waals surface area contributed by atoms with Gasteiger partial charge in [0, 0.05) is 26.7 Å². The van der Waals surface area contributed by atoms with Gasteiger partial charge in [-0.15, -0.1) is 0 Å². The van der Waals surface area contributed by atoms with Gasteiger partial charge in [-0.25, -0.2) is 4.39 Å². The first-order valence-electron chi connectivity index (χ1n) is 8.86. The third-order valence-corrected chi connectivity index (χ3v) is 4.07. The Morgan fingerprint density at radius 2 is 2.08 bits per heavy atom. The van der Waals surface area contributed by atoms with Crippen LogP contribution in [0.5, 0.6) is 0 Å². The van der Waals surface area contributed by atoms with Crippen LogP contribution in [0.25, 0.3) is 0 Å². The number of nitrogens with one attached hydrogen (secondary N) is 2. The second kappa shape index (κ2) is 11.1. The standard InChI is InChI=1S/C19H33FN4O/c1-7-25-17(10-11-24(5)6)13-22-19(21-4)23-15(3)16-9-8-14(2)18(20)12-16/h8-9,12,15,17H,7,10-11,13H2,1-6H3,(H2,21,22,23). The molecule has 0 aliphatic heterocycles. The molecule has 0 amide bonds. The zero-order chi connectivity index (χ0) is 18.8. The lowest BCUT2D eigenvalue weighted by atomic mass is 10.1. The van der Waals surface area contributed by atoms with Crippen molar-refractivity contribution >= 4 is 5.96 Å². The van der Waals surface area contributed by atoms with Gasteiger partial charge in [0.25, 0.3) is 0 Å². The number of halogens is 1. The van der Waals surface area contributed by atoms with Crippen molar-refractivity contribution in [3.63, 3.8) is 0 Å². The van der Waals surface area contributed by atoms with Crippen molar-refractivity contribution in [3.8, 4) is 0 Å². The Labute approximate surface area is 151 Å². The van der Waals surface area contributed by atoms with Crippen molar-refractivity contribution in [1.29, 1.82) is 0 Å². The lowest BCUT2D eigenvalue weighted by Crippen LogP contribution is -2.43. The Hall–Kier alpha value is -1.66. The van der Waals surface area contributed by atoms with Crippen LogP contribution in [0, 0.1) is 12.7 Å². The zero-order valence-electron chi connectivity index (χ0n) is 16.4. The molecule has 0 bridgehead atoms. The number of hydrogen-bond donors (Lipinski definition) is 2. The molecule has 1 aromatic rings. The number of hydrogen-bond acceptors (Lipinski definition) is 3. The summed E-state index contributed by atoms with van der Waals surface area (Å²) in [6.07, 6.45) is 1.07. The summed E-state index contributed by atoms with van der Waals surface area (Å²) in [6.45, 7) is 8.09. The molecule has 0 aliphatic rings. The maximum absolute atomic E-state index is 13.8. The number of guanidine groups is 1. The summed E-state index contributed by atoms with van der Waals surface area (Å²) in [5.74, 6) is 0.497. The molecule has 0 spiro atoms. The lowest BCUT2D eigenvalue weighted by Gasteiger charge is -2.23. The molecule has 0 saturated heterocycles. The van der Waals surface area contributed by atoms with E-state index in [0.717, 1.165) is 18.5 Å². The van der Waals surface area contributed by atoms with Gasteiger partial charge in [0.05, 0.1) is 12.1 Å². The van der Waals surface area contributed by atoms with Crippen molar-refractivity contribution in [3.05, 3.63) is 35.1 Å².